The quantitative estimate of drug-likeness (QED) is 0.911. The normalized spacial score (nSPS) is 22.1. The van der Waals surface area contributed by atoms with Crippen molar-refractivity contribution in [1.29, 1.82) is 0 Å². The number of thioether (sulfide) groups is 1. The van der Waals surface area contributed by atoms with Gasteiger partial charge in [-0.05, 0) is 48.0 Å². The van der Waals surface area contributed by atoms with Crippen molar-refractivity contribution < 1.29 is 9.90 Å². The summed E-state index contributed by atoms with van der Waals surface area (Å²) >= 11 is 7.79. The zero-order chi connectivity index (χ0) is 12.3. The second-order valence-electron chi connectivity index (χ2n) is 4.35. The van der Waals surface area contributed by atoms with Crippen LogP contribution in [0.4, 0.5) is 0 Å². The number of carboxylic acid groups (broad SMARTS) is 1. The summed E-state index contributed by atoms with van der Waals surface area (Å²) in [4.78, 5) is 11.5. The Morgan fingerprint density at radius 1 is 1.53 bits per heavy atom. The van der Waals surface area contributed by atoms with E-state index in [9.17, 15) is 9.90 Å². The Balaban J connectivity index is 2.25. The number of carbonyl (C=O) groups is 1. The number of aliphatic carboxylic acids is 1. The SMILES string of the molecule is O=C(O)C(c1cccc(Cl)c1)C1CCCSC1. The van der Waals surface area contributed by atoms with Crippen LogP contribution in [-0.4, -0.2) is 22.6 Å². The van der Waals surface area contributed by atoms with E-state index < -0.39 is 11.9 Å². The Bertz CT molecular complexity index is 402. The summed E-state index contributed by atoms with van der Waals surface area (Å²) in [6, 6.07) is 7.24. The van der Waals surface area contributed by atoms with Crippen molar-refractivity contribution in [3.05, 3.63) is 34.9 Å². The van der Waals surface area contributed by atoms with Crippen LogP contribution >= 0.6 is 23.4 Å². The summed E-state index contributed by atoms with van der Waals surface area (Å²) < 4.78 is 0. The highest BCUT2D eigenvalue weighted by Crippen LogP contribution is 2.35. The van der Waals surface area contributed by atoms with Gasteiger partial charge in [-0.2, -0.15) is 11.8 Å². The molecule has 1 aliphatic rings. The number of rotatable bonds is 3. The maximum Gasteiger partial charge on any atom is 0.311 e. The van der Waals surface area contributed by atoms with Gasteiger partial charge in [0.25, 0.3) is 0 Å². The largest absolute Gasteiger partial charge is 0.481 e. The molecule has 2 rings (SSSR count). The van der Waals surface area contributed by atoms with Crippen molar-refractivity contribution in [2.75, 3.05) is 11.5 Å². The third-order valence-electron chi connectivity index (χ3n) is 3.14. The lowest BCUT2D eigenvalue weighted by molar-refractivity contribution is -0.140. The van der Waals surface area contributed by atoms with Crippen molar-refractivity contribution in [2.45, 2.75) is 18.8 Å². The zero-order valence-corrected chi connectivity index (χ0v) is 11.0. The highest BCUT2D eigenvalue weighted by molar-refractivity contribution is 7.99. The van der Waals surface area contributed by atoms with Gasteiger partial charge in [-0.1, -0.05) is 23.7 Å². The molecular formula is C13H15ClO2S. The van der Waals surface area contributed by atoms with Crippen molar-refractivity contribution in [3.63, 3.8) is 0 Å². The van der Waals surface area contributed by atoms with E-state index in [4.69, 9.17) is 11.6 Å². The van der Waals surface area contributed by atoms with Crippen molar-refractivity contribution in [1.82, 2.24) is 0 Å². The molecule has 0 aliphatic carbocycles. The molecule has 0 bridgehead atoms. The molecule has 0 radical (unpaired) electrons. The van der Waals surface area contributed by atoms with Gasteiger partial charge in [0.05, 0.1) is 5.92 Å². The van der Waals surface area contributed by atoms with Crippen LogP contribution in [0.2, 0.25) is 5.02 Å². The molecular weight excluding hydrogens is 256 g/mol. The third kappa shape index (κ3) is 3.17. The molecule has 2 nitrogen and oxygen atoms in total. The average Bonchev–Trinajstić information content (AvgIpc) is 2.30. The van der Waals surface area contributed by atoms with Gasteiger partial charge in [-0.3, -0.25) is 4.79 Å². The molecule has 1 aliphatic heterocycles. The fourth-order valence-corrected chi connectivity index (χ4v) is 3.74. The van der Waals surface area contributed by atoms with Gasteiger partial charge in [-0.15, -0.1) is 0 Å². The lowest BCUT2D eigenvalue weighted by Gasteiger charge is -2.27. The lowest BCUT2D eigenvalue weighted by Crippen LogP contribution is -2.25. The highest BCUT2D eigenvalue weighted by atomic mass is 35.5. The summed E-state index contributed by atoms with van der Waals surface area (Å²) in [6.07, 6.45) is 2.11. The summed E-state index contributed by atoms with van der Waals surface area (Å²) in [6.45, 7) is 0. The van der Waals surface area contributed by atoms with Crippen molar-refractivity contribution >= 4 is 29.3 Å². The minimum absolute atomic E-state index is 0.227. The monoisotopic (exact) mass is 270 g/mol. The minimum Gasteiger partial charge on any atom is -0.481 e. The predicted octanol–water partition coefficient (Wildman–Crippen LogP) is 3.65. The first-order valence-electron chi connectivity index (χ1n) is 5.74. The summed E-state index contributed by atoms with van der Waals surface area (Å²) in [5.41, 5.74) is 0.831. The van der Waals surface area contributed by atoms with E-state index in [0.717, 1.165) is 29.9 Å². The van der Waals surface area contributed by atoms with Crippen LogP contribution < -0.4 is 0 Å². The Hall–Kier alpha value is -0.670. The summed E-state index contributed by atoms with van der Waals surface area (Å²) in [5, 5.41) is 10.0. The van der Waals surface area contributed by atoms with E-state index in [-0.39, 0.29) is 5.92 Å². The molecule has 2 unspecified atom stereocenters. The van der Waals surface area contributed by atoms with Gasteiger partial charge in [0.1, 0.15) is 0 Å². The third-order valence-corrected chi connectivity index (χ3v) is 4.62. The van der Waals surface area contributed by atoms with E-state index in [1.165, 1.54) is 0 Å². The Labute approximate surface area is 110 Å². The highest BCUT2D eigenvalue weighted by Gasteiger charge is 2.31. The van der Waals surface area contributed by atoms with Gasteiger partial charge < -0.3 is 5.11 Å². The molecule has 0 amide bonds. The number of benzene rings is 1. The second-order valence-corrected chi connectivity index (χ2v) is 5.93. The van der Waals surface area contributed by atoms with Crippen LogP contribution in [0.1, 0.15) is 24.3 Å². The van der Waals surface area contributed by atoms with Crippen molar-refractivity contribution in [3.8, 4) is 0 Å². The molecule has 17 heavy (non-hydrogen) atoms. The topological polar surface area (TPSA) is 37.3 Å². The molecule has 1 heterocycles. The number of carboxylic acids is 1. The van der Waals surface area contributed by atoms with Crippen LogP contribution in [0.5, 0.6) is 0 Å². The van der Waals surface area contributed by atoms with Crippen LogP contribution in [0, 0.1) is 5.92 Å². The molecule has 4 heteroatoms. The molecule has 1 aromatic carbocycles. The first kappa shape index (κ1) is 12.8. The van der Waals surface area contributed by atoms with E-state index in [1.807, 2.05) is 23.9 Å². The van der Waals surface area contributed by atoms with E-state index >= 15 is 0 Å². The molecule has 1 aromatic rings. The Morgan fingerprint density at radius 2 is 2.35 bits per heavy atom. The fourth-order valence-electron chi connectivity index (χ4n) is 2.34. The summed E-state index contributed by atoms with van der Waals surface area (Å²) in [5.74, 6) is 1.16. The zero-order valence-electron chi connectivity index (χ0n) is 9.43. The van der Waals surface area contributed by atoms with Crippen LogP contribution in [0.15, 0.2) is 24.3 Å². The molecule has 1 N–H and O–H groups in total. The maximum atomic E-state index is 11.5. The molecule has 92 valence electrons. The molecule has 0 aromatic heterocycles. The maximum absolute atomic E-state index is 11.5. The molecule has 1 saturated heterocycles. The van der Waals surface area contributed by atoms with Gasteiger partial charge in [0.15, 0.2) is 0 Å². The number of hydrogen-bond donors (Lipinski definition) is 1. The standard InChI is InChI=1S/C13H15ClO2S/c14-11-5-1-3-9(7-11)12(13(15)16)10-4-2-6-17-8-10/h1,3,5,7,10,12H,2,4,6,8H2,(H,15,16). The van der Waals surface area contributed by atoms with Crippen LogP contribution in [-0.2, 0) is 4.79 Å². The first-order chi connectivity index (χ1) is 8.18. The predicted molar refractivity (Wildman–Crippen MR) is 71.9 cm³/mol. The number of hydrogen-bond acceptors (Lipinski definition) is 2. The Morgan fingerprint density at radius 3 is 2.94 bits per heavy atom. The average molecular weight is 271 g/mol. The fraction of sp³-hybridized carbons (Fsp3) is 0.462. The first-order valence-corrected chi connectivity index (χ1v) is 7.28. The molecule has 1 fully saturated rings. The van der Waals surface area contributed by atoms with E-state index in [2.05, 4.69) is 0 Å². The van der Waals surface area contributed by atoms with Gasteiger partial charge in [0, 0.05) is 5.02 Å². The molecule has 0 spiro atoms. The molecule has 0 saturated carbocycles. The second kappa shape index (κ2) is 5.78. The van der Waals surface area contributed by atoms with Gasteiger partial charge in [0.2, 0.25) is 0 Å². The molecule has 2 atom stereocenters. The van der Waals surface area contributed by atoms with Gasteiger partial charge >= 0.3 is 5.97 Å². The lowest BCUT2D eigenvalue weighted by atomic mass is 9.84. The smallest absolute Gasteiger partial charge is 0.311 e. The van der Waals surface area contributed by atoms with Crippen molar-refractivity contribution in [2.24, 2.45) is 5.92 Å². The van der Waals surface area contributed by atoms with Crippen LogP contribution in [0.3, 0.4) is 0 Å². The van der Waals surface area contributed by atoms with E-state index in [0.29, 0.717) is 5.02 Å². The minimum atomic E-state index is -0.736. The van der Waals surface area contributed by atoms with Crippen LogP contribution in [0.25, 0.3) is 0 Å². The summed E-state index contributed by atoms with van der Waals surface area (Å²) in [7, 11) is 0. The Kier molecular flexibility index (Phi) is 4.35. The number of halogens is 1. The van der Waals surface area contributed by atoms with E-state index in [1.54, 1.807) is 12.1 Å². The van der Waals surface area contributed by atoms with Gasteiger partial charge in [-0.25, -0.2) is 0 Å².